The summed E-state index contributed by atoms with van der Waals surface area (Å²) in [6.45, 7) is 3.96. The summed E-state index contributed by atoms with van der Waals surface area (Å²) in [4.78, 5) is 14.8. The van der Waals surface area contributed by atoms with Crippen molar-refractivity contribution in [2.45, 2.75) is 32.2 Å². The highest BCUT2D eigenvalue weighted by Crippen LogP contribution is 2.40. The largest absolute Gasteiger partial charge is 0.493 e. The van der Waals surface area contributed by atoms with Crippen LogP contribution in [0, 0.1) is 0 Å². The van der Waals surface area contributed by atoms with Gasteiger partial charge in [-0.05, 0) is 43.5 Å². The van der Waals surface area contributed by atoms with Crippen molar-refractivity contribution in [3.05, 3.63) is 53.6 Å². The Kier molecular flexibility index (Phi) is 7.11. The smallest absolute Gasteiger partial charge is 0.229 e. The van der Waals surface area contributed by atoms with Crippen molar-refractivity contribution in [2.24, 2.45) is 0 Å². The van der Waals surface area contributed by atoms with Gasteiger partial charge in [0.2, 0.25) is 11.7 Å². The van der Waals surface area contributed by atoms with Crippen molar-refractivity contribution in [1.29, 1.82) is 0 Å². The highest BCUT2D eigenvalue weighted by molar-refractivity contribution is 5.84. The van der Waals surface area contributed by atoms with Crippen molar-refractivity contribution >= 4 is 5.91 Å². The minimum absolute atomic E-state index is 0.0488. The van der Waals surface area contributed by atoms with E-state index in [4.69, 9.17) is 14.2 Å². The first-order valence-electron chi connectivity index (χ1n) is 9.03. The van der Waals surface area contributed by atoms with Gasteiger partial charge in [-0.3, -0.25) is 4.79 Å². The lowest BCUT2D eigenvalue weighted by atomic mass is 9.97. The average Bonchev–Trinajstić information content (AvgIpc) is 2.71. The maximum absolute atomic E-state index is 13.0. The molecule has 0 bridgehead atoms. The SMILES string of the molecule is COc1cc(C(C)C(=O)N(C)C(C)Cc2ccccc2)cc(OC)c1OC. The molecule has 0 spiro atoms. The number of nitrogens with zero attached hydrogens (tertiary/aromatic N) is 1. The van der Waals surface area contributed by atoms with Crippen LogP contribution in [-0.4, -0.2) is 45.2 Å². The van der Waals surface area contributed by atoms with Crippen LogP contribution in [0.25, 0.3) is 0 Å². The molecule has 27 heavy (non-hydrogen) atoms. The first-order valence-corrected chi connectivity index (χ1v) is 9.03. The molecule has 5 heteroatoms. The lowest BCUT2D eigenvalue weighted by molar-refractivity contribution is -0.132. The van der Waals surface area contributed by atoms with Gasteiger partial charge in [0.1, 0.15) is 0 Å². The molecule has 0 N–H and O–H groups in total. The molecular formula is C22H29NO4. The molecule has 0 radical (unpaired) electrons. The zero-order chi connectivity index (χ0) is 20.0. The number of likely N-dealkylation sites (N-methyl/N-ethyl adjacent to an activating group) is 1. The molecule has 0 aliphatic heterocycles. The van der Waals surface area contributed by atoms with E-state index in [-0.39, 0.29) is 17.9 Å². The minimum atomic E-state index is -0.332. The molecule has 146 valence electrons. The predicted octanol–water partition coefficient (Wildman–Crippen LogP) is 3.91. The molecule has 0 saturated heterocycles. The van der Waals surface area contributed by atoms with E-state index in [1.165, 1.54) is 5.56 Å². The molecule has 0 aliphatic rings. The molecule has 0 saturated carbocycles. The van der Waals surface area contributed by atoms with Crippen molar-refractivity contribution in [3.8, 4) is 17.2 Å². The Hall–Kier alpha value is -2.69. The van der Waals surface area contributed by atoms with E-state index in [9.17, 15) is 4.79 Å². The van der Waals surface area contributed by atoms with Gasteiger partial charge in [-0.25, -0.2) is 0 Å². The molecule has 0 aliphatic carbocycles. The summed E-state index contributed by atoms with van der Waals surface area (Å²) in [7, 11) is 6.56. The van der Waals surface area contributed by atoms with E-state index in [1.54, 1.807) is 26.2 Å². The Labute approximate surface area is 161 Å². The first-order chi connectivity index (χ1) is 12.9. The van der Waals surface area contributed by atoms with Crippen molar-refractivity contribution < 1.29 is 19.0 Å². The van der Waals surface area contributed by atoms with Gasteiger partial charge in [0.05, 0.1) is 27.2 Å². The van der Waals surface area contributed by atoms with Gasteiger partial charge in [0.25, 0.3) is 0 Å². The third-order valence-electron chi connectivity index (χ3n) is 4.94. The lowest BCUT2D eigenvalue weighted by Gasteiger charge is -2.28. The molecule has 5 nitrogen and oxygen atoms in total. The summed E-state index contributed by atoms with van der Waals surface area (Å²) < 4.78 is 16.2. The lowest BCUT2D eigenvalue weighted by Crippen LogP contribution is -2.38. The zero-order valence-corrected chi connectivity index (χ0v) is 17.0. The molecule has 0 heterocycles. The Bertz CT molecular complexity index is 735. The molecule has 2 aromatic rings. The van der Waals surface area contributed by atoms with Crippen molar-refractivity contribution in [2.75, 3.05) is 28.4 Å². The van der Waals surface area contributed by atoms with Gasteiger partial charge in [0, 0.05) is 13.1 Å². The maximum atomic E-state index is 13.0. The van der Waals surface area contributed by atoms with Gasteiger partial charge >= 0.3 is 0 Å². The van der Waals surface area contributed by atoms with Crippen molar-refractivity contribution in [3.63, 3.8) is 0 Å². The predicted molar refractivity (Wildman–Crippen MR) is 107 cm³/mol. The summed E-state index contributed by atoms with van der Waals surface area (Å²) in [5, 5.41) is 0. The molecule has 0 aromatic heterocycles. The second-order valence-corrected chi connectivity index (χ2v) is 6.67. The third-order valence-corrected chi connectivity index (χ3v) is 4.94. The number of hydrogen-bond donors (Lipinski definition) is 0. The summed E-state index contributed by atoms with van der Waals surface area (Å²) in [5.41, 5.74) is 2.04. The standard InChI is InChI=1S/C22H29NO4/c1-15(12-17-10-8-7-9-11-17)23(3)22(24)16(2)18-13-19(25-4)21(27-6)20(14-18)26-5/h7-11,13-16H,12H2,1-6H3. The van der Waals surface area contributed by atoms with Crippen LogP contribution in [0.3, 0.4) is 0 Å². The third kappa shape index (κ3) is 4.73. The number of carbonyl (C=O) groups is 1. The molecular weight excluding hydrogens is 342 g/mol. The number of ether oxygens (including phenoxy) is 3. The Morgan fingerprint density at radius 2 is 1.52 bits per heavy atom. The Morgan fingerprint density at radius 1 is 0.963 bits per heavy atom. The van der Waals surface area contributed by atoms with Gasteiger partial charge < -0.3 is 19.1 Å². The van der Waals surface area contributed by atoms with Crippen LogP contribution in [-0.2, 0) is 11.2 Å². The molecule has 2 aromatic carbocycles. The average molecular weight is 371 g/mol. The van der Waals surface area contributed by atoms with E-state index in [0.717, 1.165) is 12.0 Å². The second-order valence-electron chi connectivity index (χ2n) is 6.67. The van der Waals surface area contributed by atoms with E-state index in [1.807, 2.05) is 44.3 Å². The van der Waals surface area contributed by atoms with E-state index < -0.39 is 0 Å². The molecule has 2 rings (SSSR count). The van der Waals surface area contributed by atoms with Crippen LogP contribution in [0.1, 0.15) is 30.9 Å². The molecule has 1 amide bonds. The number of hydrogen-bond acceptors (Lipinski definition) is 4. The van der Waals surface area contributed by atoms with E-state index >= 15 is 0 Å². The molecule has 0 fully saturated rings. The minimum Gasteiger partial charge on any atom is -0.493 e. The van der Waals surface area contributed by atoms with Crippen LogP contribution in [0.4, 0.5) is 0 Å². The number of methoxy groups -OCH3 is 3. The second kappa shape index (κ2) is 9.31. The number of carbonyl (C=O) groups excluding carboxylic acids is 1. The number of amides is 1. The Balaban J connectivity index is 2.20. The maximum Gasteiger partial charge on any atom is 0.229 e. The summed E-state index contributed by atoms with van der Waals surface area (Å²) in [5.74, 6) is 1.34. The van der Waals surface area contributed by atoms with Crippen molar-refractivity contribution in [1.82, 2.24) is 4.90 Å². The first kappa shape index (κ1) is 20.6. The quantitative estimate of drug-likeness (QED) is 0.706. The highest BCUT2D eigenvalue weighted by atomic mass is 16.5. The van der Waals surface area contributed by atoms with Gasteiger partial charge in [-0.15, -0.1) is 0 Å². The van der Waals surface area contributed by atoms with Crippen LogP contribution >= 0.6 is 0 Å². The van der Waals surface area contributed by atoms with E-state index in [2.05, 4.69) is 19.1 Å². The fraction of sp³-hybridized carbons (Fsp3) is 0.409. The summed E-state index contributed by atoms with van der Waals surface area (Å²) in [6, 6.07) is 13.9. The van der Waals surface area contributed by atoms with E-state index in [0.29, 0.717) is 17.2 Å². The van der Waals surface area contributed by atoms with Gasteiger partial charge in [-0.2, -0.15) is 0 Å². The number of benzene rings is 2. The summed E-state index contributed by atoms with van der Waals surface area (Å²) in [6.07, 6.45) is 0.811. The summed E-state index contributed by atoms with van der Waals surface area (Å²) >= 11 is 0. The molecule has 2 atom stereocenters. The Morgan fingerprint density at radius 3 is 2.00 bits per heavy atom. The molecule has 2 unspecified atom stereocenters. The fourth-order valence-electron chi connectivity index (χ4n) is 3.11. The van der Waals surface area contributed by atoms with Crippen LogP contribution in [0.15, 0.2) is 42.5 Å². The van der Waals surface area contributed by atoms with Crippen LogP contribution in [0.2, 0.25) is 0 Å². The zero-order valence-electron chi connectivity index (χ0n) is 17.0. The van der Waals surface area contributed by atoms with Gasteiger partial charge in [0.15, 0.2) is 11.5 Å². The monoisotopic (exact) mass is 371 g/mol. The normalized spacial score (nSPS) is 12.8. The van der Waals surface area contributed by atoms with Gasteiger partial charge in [-0.1, -0.05) is 30.3 Å². The van der Waals surface area contributed by atoms with Crippen LogP contribution < -0.4 is 14.2 Å². The fourth-order valence-corrected chi connectivity index (χ4v) is 3.11. The topological polar surface area (TPSA) is 48.0 Å². The number of rotatable bonds is 8. The van der Waals surface area contributed by atoms with Crippen LogP contribution in [0.5, 0.6) is 17.2 Å². The highest BCUT2D eigenvalue weighted by Gasteiger charge is 2.25.